The number of ether oxygens (including phenoxy) is 1. The minimum Gasteiger partial charge on any atom is -0.496 e. The van der Waals surface area contributed by atoms with E-state index in [2.05, 4.69) is 20.7 Å². The van der Waals surface area contributed by atoms with Crippen LogP contribution in [0.3, 0.4) is 0 Å². The number of rotatable bonds is 4. The first-order valence-corrected chi connectivity index (χ1v) is 5.84. The zero-order valence-electron chi connectivity index (χ0n) is 11.3. The van der Waals surface area contributed by atoms with Crippen LogP contribution in [0.2, 0.25) is 0 Å². The number of hydrogen-bond donors (Lipinski definition) is 3. The summed E-state index contributed by atoms with van der Waals surface area (Å²) in [4.78, 5) is 26.6. The lowest BCUT2D eigenvalue weighted by atomic mass is 10.2. The summed E-state index contributed by atoms with van der Waals surface area (Å²) in [6.45, 7) is 0. The van der Waals surface area contributed by atoms with Gasteiger partial charge in [-0.1, -0.05) is 0 Å². The number of nitrogens with zero attached hydrogens (tertiary/aromatic N) is 3. The van der Waals surface area contributed by atoms with Gasteiger partial charge in [0.1, 0.15) is 17.6 Å². The molecule has 21 heavy (non-hydrogen) atoms. The molecular weight excluding hydrogens is 278 g/mol. The number of urea groups is 1. The molecule has 1 aromatic heterocycles. The number of anilines is 2. The number of carbonyl (C=O) groups is 2. The van der Waals surface area contributed by atoms with Crippen molar-refractivity contribution in [2.45, 2.75) is 0 Å². The lowest BCUT2D eigenvalue weighted by molar-refractivity contribution is 0.0693. The average molecular weight is 291 g/mol. The van der Waals surface area contributed by atoms with Gasteiger partial charge in [-0.25, -0.2) is 14.3 Å². The molecule has 0 atom stereocenters. The standard InChI is InChI=1S/C12H13N5O4/c1-17-11(13-6-14-17)16-12(20)15-7-3-4-8(10(18)19)9(5-7)21-2/h3-6H,1-2H3,(H,18,19)(H2,13,14,15,16,20). The molecular formula is C12H13N5O4. The number of methoxy groups -OCH3 is 1. The molecule has 2 amide bonds. The number of carbonyl (C=O) groups excluding carboxylic acids is 1. The van der Waals surface area contributed by atoms with E-state index in [1.807, 2.05) is 0 Å². The molecule has 0 unspecified atom stereocenters. The second kappa shape index (κ2) is 5.90. The quantitative estimate of drug-likeness (QED) is 0.778. The molecule has 0 saturated heterocycles. The van der Waals surface area contributed by atoms with Gasteiger partial charge in [0.15, 0.2) is 0 Å². The average Bonchev–Trinajstić information content (AvgIpc) is 2.83. The highest BCUT2D eigenvalue weighted by atomic mass is 16.5. The molecule has 9 nitrogen and oxygen atoms in total. The summed E-state index contributed by atoms with van der Waals surface area (Å²) < 4.78 is 6.37. The Morgan fingerprint density at radius 3 is 2.67 bits per heavy atom. The van der Waals surface area contributed by atoms with E-state index in [1.54, 1.807) is 7.05 Å². The van der Waals surface area contributed by atoms with Gasteiger partial charge in [-0.05, 0) is 12.1 Å². The third-order valence-electron chi connectivity index (χ3n) is 2.63. The Morgan fingerprint density at radius 2 is 2.10 bits per heavy atom. The van der Waals surface area contributed by atoms with Gasteiger partial charge in [-0.3, -0.25) is 5.32 Å². The van der Waals surface area contributed by atoms with Crippen molar-refractivity contribution in [1.82, 2.24) is 14.8 Å². The fourth-order valence-corrected chi connectivity index (χ4v) is 1.62. The molecule has 1 heterocycles. The summed E-state index contributed by atoms with van der Waals surface area (Å²) in [5.41, 5.74) is 0.397. The van der Waals surface area contributed by atoms with Gasteiger partial charge in [-0.2, -0.15) is 10.1 Å². The Hall–Kier alpha value is -3.10. The van der Waals surface area contributed by atoms with Crippen molar-refractivity contribution in [2.24, 2.45) is 7.05 Å². The van der Waals surface area contributed by atoms with Gasteiger partial charge in [0, 0.05) is 18.8 Å². The van der Waals surface area contributed by atoms with Gasteiger partial charge < -0.3 is 15.2 Å². The Labute approximate surface area is 119 Å². The first-order chi connectivity index (χ1) is 10.0. The first kappa shape index (κ1) is 14.3. The van der Waals surface area contributed by atoms with Crippen LogP contribution in [0, 0.1) is 0 Å². The fourth-order valence-electron chi connectivity index (χ4n) is 1.62. The van der Waals surface area contributed by atoms with Crippen LogP contribution < -0.4 is 15.4 Å². The summed E-state index contributed by atoms with van der Waals surface area (Å²) in [6, 6.07) is 3.69. The molecule has 0 bridgehead atoms. The predicted octanol–water partition coefficient (Wildman–Crippen LogP) is 1.17. The monoisotopic (exact) mass is 291 g/mol. The van der Waals surface area contributed by atoms with Gasteiger partial charge in [0.2, 0.25) is 5.95 Å². The van der Waals surface area contributed by atoms with E-state index < -0.39 is 12.0 Å². The van der Waals surface area contributed by atoms with Crippen molar-refractivity contribution in [2.75, 3.05) is 17.7 Å². The van der Waals surface area contributed by atoms with E-state index in [0.29, 0.717) is 5.69 Å². The highest BCUT2D eigenvalue weighted by Gasteiger charge is 2.13. The summed E-state index contributed by atoms with van der Waals surface area (Å²) in [5.74, 6) is -0.678. The Kier molecular flexibility index (Phi) is 4.02. The highest BCUT2D eigenvalue weighted by molar-refractivity contribution is 5.99. The van der Waals surface area contributed by atoms with Crippen molar-refractivity contribution in [3.8, 4) is 5.75 Å². The molecule has 2 aromatic rings. The second-order valence-corrected chi connectivity index (χ2v) is 4.01. The van der Waals surface area contributed by atoms with E-state index in [0.717, 1.165) is 0 Å². The molecule has 1 aromatic carbocycles. The SMILES string of the molecule is COc1cc(NC(=O)Nc2ncnn2C)ccc1C(=O)O. The lowest BCUT2D eigenvalue weighted by Crippen LogP contribution is -2.21. The number of nitrogens with one attached hydrogen (secondary N) is 2. The molecule has 110 valence electrons. The Morgan fingerprint density at radius 1 is 1.33 bits per heavy atom. The van der Waals surface area contributed by atoms with Gasteiger partial charge in [0.25, 0.3) is 0 Å². The summed E-state index contributed by atoms with van der Waals surface area (Å²) in [7, 11) is 2.98. The summed E-state index contributed by atoms with van der Waals surface area (Å²) >= 11 is 0. The number of aromatic nitrogens is 3. The maximum Gasteiger partial charge on any atom is 0.339 e. The van der Waals surface area contributed by atoms with E-state index in [1.165, 1.54) is 36.3 Å². The molecule has 9 heteroatoms. The number of carboxylic acid groups (broad SMARTS) is 1. The van der Waals surface area contributed by atoms with Crippen LogP contribution in [0.5, 0.6) is 5.75 Å². The van der Waals surface area contributed by atoms with Crippen molar-refractivity contribution in [3.05, 3.63) is 30.1 Å². The molecule has 0 aliphatic rings. The smallest absolute Gasteiger partial charge is 0.339 e. The zero-order valence-corrected chi connectivity index (χ0v) is 11.3. The Bertz CT molecular complexity index is 682. The minimum atomic E-state index is -1.11. The van der Waals surface area contributed by atoms with Crippen LogP contribution in [0.25, 0.3) is 0 Å². The van der Waals surface area contributed by atoms with Crippen molar-refractivity contribution >= 4 is 23.6 Å². The largest absolute Gasteiger partial charge is 0.496 e. The topological polar surface area (TPSA) is 118 Å². The molecule has 0 radical (unpaired) electrons. The van der Waals surface area contributed by atoms with Crippen LogP contribution >= 0.6 is 0 Å². The van der Waals surface area contributed by atoms with Crippen LogP contribution in [0.4, 0.5) is 16.4 Å². The van der Waals surface area contributed by atoms with E-state index >= 15 is 0 Å². The predicted molar refractivity (Wildman–Crippen MR) is 73.6 cm³/mol. The maximum atomic E-state index is 11.8. The van der Waals surface area contributed by atoms with Crippen LogP contribution in [0.15, 0.2) is 24.5 Å². The van der Waals surface area contributed by atoms with Crippen molar-refractivity contribution in [1.29, 1.82) is 0 Å². The van der Waals surface area contributed by atoms with Crippen LogP contribution in [0.1, 0.15) is 10.4 Å². The number of aryl methyl sites for hydroxylation is 1. The molecule has 2 rings (SSSR count). The minimum absolute atomic E-state index is 0.0109. The normalized spacial score (nSPS) is 10.0. The number of benzene rings is 1. The number of hydrogen-bond acceptors (Lipinski definition) is 5. The van der Waals surface area contributed by atoms with E-state index in [9.17, 15) is 9.59 Å². The second-order valence-electron chi connectivity index (χ2n) is 4.01. The van der Waals surface area contributed by atoms with Crippen LogP contribution in [-0.4, -0.2) is 39.0 Å². The maximum absolute atomic E-state index is 11.8. The molecule has 0 spiro atoms. The summed E-state index contributed by atoms with van der Waals surface area (Å²) in [5, 5.41) is 17.8. The van der Waals surface area contributed by atoms with Crippen molar-refractivity contribution < 1.29 is 19.4 Å². The van der Waals surface area contributed by atoms with Crippen LogP contribution in [-0.2, 0) is 7.05 Å². The number of carboxylic acids is 1. The van der Waals surface area contributed by atoms with Gasteiger partial charge in [-0.15, -0.1) is 0 Å². The first-order valence-electron chi connectivity index (χ1n) is 5.84. The Balaban J connectivity index is 2.11. The van der Waals surface area contributed by atoms with Gasteiger partial charge in [0.05, 0.1) is 7.11 Å². The third-order valence-corrected chi connectivity index (χ3v) is 2.63. The summed E-state index contributed by atoms with van der Waals surface area (Å²) in [6.07, 6.45) is 1.31. The molecule has 0 fully saturated rings. The van der Waals surface area contributed by atoms with E-state index in [-0.39, 0.29) is 17.3 Å². The molecule has 0 saturated carbocycles. The third kappa shape index (κ3) is 3.26. The lowest BCUT2D eigenvalue weighted by Gasteiger charge is -2.09. The van der Waals surface area contributed by atoms with Crippen molar-refractivity contribution in [3.63, 3.8) is 0 Å². The van der Waals surface area contributed by atoms with Gasteiger partial charge >= 0.3 is 12.0 Å². The number of amides is 2. The highest BCUT2D eigenvalue weighted by Crippen LogP contribution is 2.23. The molecule has 0 aliphatic carbocycles. The fraction of sp³-hybridized carbons (Fsp3) is 0.167. The van der Waals surface area contributed by atoms with E-state index in [4.69, 9.17) is 9.84 Å². The molecule has 3 N–H and O–H groups in total. The number of aromatic carboxylic acids is 1. The zero-order chi connectivity index (χ0) is 15.4. The molecule has 0 aliphatic heterocycles.